The number of ether oxygens (including phenoxy) is 1. The van der Waals surface area contributed by atoms with Gasteiger partial charge in [-0.3, -0.25) is 15.1 Å². The highest BCUT2D eigenvalue weighted by Crippen LogP contribution is 2.33. The number of aliphatic hydroxyl groups excluding tert-OH is 1. The lowest BCUT2D eigenvalue weighted by Gasteiger charge is -2.29. The molecule has 3 atom stereocenters. The summed E-state index contributed by atoms with van der Waals surface area (Å²) in [7, 11) is 1.62. The normalized spacial score (nSPS) is 17.7. The number of hydrogen-bond donors (Lipinski definition) is 5. The van der Waals surface area contributed by atoms with Crippen LogP contribution in [0.25, 0.3) is 10.8 Å². The molecule has 236 valence electrons. The number of methoxy groups -OCH3 is 1. The maximum Gasteiger partial charge on any atom is 0.239 e. The number of aliphatic imine (C=N–C) groups is 1. The van der Waals surface area contributed by atoms with Gasteiger partial charge in [-0.05, 0) is 35.8 Å². The number of guanidine groups is 1. The molecule has 1 amide bonds. The highest BCUT2D eigenvalue weighted by atomic mass is 16.5. The maximum atomic E-state index is 14.1. The van der Waals surface area contributed by atoms with E-state index in [0.29, 0.717) is 50.3 Å². The van der Waals surface area contributed by atoms with Crippen molar-refractivity contribution >= 4 is 22.6 Å². The molecule has 4 aromatic rings. The zero-order valence-electron chi connectivity index (χ0n) is 25.8. The first-order valence-corrected chi connectivity index (χ1v) is 15.6. The zero-order chi connectivity index (χ0) is 31.6. The summed E-state index contributed by atoms with van der Waals surface area (Å²) in [6, 6.07) is 32.1. The Labute approximate surface area is 265 Å². The highest BCUT2D eigenvalue weighted by Gasteiger charge is 2.32. The van der Waals surface area contributed by atoms with Crippen LogP contribution in [0.15, 0.2) is 102 Å². The molecule has 0 radical (unpaired) electrons. The van der Waals surface area contributed by atoms with Gasteiger partial charge >= 0.3 is 0 Å². The van der Waals surface area contributed by atoms with E-state index < -0.39 is 12.3 Å². The van der Waals surface area contributed by atoms with Gasteiger partial charge in [0.25, 0.3) is 0 Å². The van der Waals surface area contributed by atoms with E-state index in [1.807, 2.05) is 77.7 Å². The van der Waals surface area contributed by atoms with Gasteiger partial charge in [0.05, 0.1) is 13.2 Å². The lowest BCUT2D eigenvalue weighted by atomic mass is 9.90. The number of benzene rings is 4. The van der Waals surface area contributed by atoms with Crippen molar-refractivity contribution in [2.75, 3.05) is 33.3 Å². The number of hydrogen-bond acceptors (Lipinski definition) is 6. The molecule has 0 spiro atoms. The van der Waals surface area contributed by atoms with Crippen molar-refractivity contribution < 1.29 is 14.6 Å². The van der Waals surface area contributed by atoms with Crippen LogP contribution >= 0.6 is 0 Å². The smallest absolute Gasteiger partial charge is 0.239 e. The Morgan fingerprint density at radius 1 is 1.00 bits per heavy atom. The number of amides is 1. The number of fused-ring (bicyclic) bond motifs is 1. The van der Waals surface area contributed by atoms with Gasteiger partial charge in [-0.1, -0.05) is 97.1 Å². The molecule has 9 nitrogen and oxygen atoms in total. The Morgan fingerprint density at radius 3 is 2.33 bits per heavy atom. The van der Waals surface area contributed by atoms with Gasteiger partial charge in [-0.2, -0.15) is 0 Å². The fourth-order valence-electron chi connectivity index (χ4n) is 6.20. The van der Waals surface area contributed by atoms with Gasteiger partial charge in [0.1, 0.15) is 12.0 Å². The van der Waals surface area contributed by atoms with E-state index in [1.165, 1.54) is 11.1 Å². The first kappa shape index (κ1) is 32.0. The van der Waals surface area contributed by atoms with Crippen molar-refractivity contribution in [2.24, 2.45) is 16.5 Å². The third kappa shape index (κ3) is 8.19. The Kier molecular flexibility index (Phi) is 11.0. The van der Waals surface area contributed by atoms with Crippen molar-refractivity contribution in [3.05, 3.63) is 114 Å². The molecule has 0 aliphatic carbocycles. The second kappa shape index (κ2) is 15.5. The summed E-state index contributed by atoms with van der Waals surface area (Å²) in [6.07, 6.45) is 1.03. The molecule has 5 rings (SSSR count). The standard InChI is InChI=1S/C36H44N6O3/c1-45-33-29-16-9-8-15-27(29)18-19-30(33)34(43)40-23-28-20-22-42(35(44)32(41-28)17-10-21-39-36(37)38)24-31(25-11-4-2-5-12-25)26-13-6-3-7-14-26/h2-9,11-16,18-19,28,31-32,34,40-41,43H,10,17,20-24H2,1H3,(H4,37,38,39)/t28-,32-,34?/m0/s1. The average Bonchev–Trinajstić information content (AvgIpc) is 3.22. The van der Waals surface area contributed by atoms with Crippen LogP contribution in [0.4, 0.5) is 0 Å². The Morgan fingerprint density at radius 2 is 1.67 bits per heavy atom. The van der Waals surface area contributed by atoms with Crippen LogP contribution in [0, 0.1) is 0 Å². The fraction of sp³-hybridized carbons (Fsp3) is 0.333. The van der Waals surface area contributed by atoms with E-state index >= 15 is 0 Å². The summed E-state index contributed by atoms with van der Waals surface area (Å²) < 4.78 is 5.72. The van der Waals surface area contributed by atoms with Gasteiger partial charge in [0.15, 0.2) is 5.96 Å². The summed E-state index contributed by atoms with van der Waals surface area (Å²) >= 11 is 0. The number of rotatable bonds is 13. The Bertz CT molecular complexity index is 1520. The summed E-state index contributed by atoms with van der Waals surface area (Å²) in [5.74, 6) is 0.797. The SMILES string of the molecule is COc1c(C(O)NC[C@@H]2CCN(CC(c3ccccc3)c3ccccc3)C(=O)[C@H](CCCN=C(N)N)N2)ccc2ccccc12. The highest BCUT2D eigenvalue weighted by molar-refractivity contribution is 5.89. The van der Waals surface area contributed by atoms with E-state index in [9.17, 15) is 9.90 Å². The number of carbonyl (C=O) groups is 1. The van der Waals surface area contributed by atoms with Crippen molar-refractivity contribution in [2.45, 2.75) is 43.5 Å². The van der Waals surface area contributed by atoms with E-state index in [1.54, 1.807) is 7.11 Å². The molecule has 7 N–H and O–H groups in total. The number of aliphatic hydroxyl groups is 1. The van der Waals surface area contributed by atoms with Crippen LogP contribution in [-0.4, -0.2) is 67.2 Å². The largest absolute Gasteiger partial charge is 0.496 e. The number of nitrogens with one attached hydrogen (secondary N) is 2. The summed E-state index contributed by atoms with van der Waals surface area (Å²) in [5, 5.41) is 20.1. The minimum atomic E-state index is -0.942. The molecule has 0 bridgehead atoms. The van der Waals surface area contributed by atoms with Crippen LogP contribution < -0.4 is 26.8 Å². The summed E-state index contributed by atoms with van der Waals surface area (Å²) in [4.78, 5) is 20.2. The second-order valence-electron chi connectivity index (χ2n) is 11.5. The Hall–Kier alpha value is -4.44. The molecule has 0 aromatic heterocycles. The average molecular weight is 609 g/mol. The molecule has 1 fully saturated rings. The molecule has 0 saturated carbocycles. The zero-order valence-corrected chi connectivity index (χ0v) is 25.8. The van der Waals surface area contributed by atoms with Crippen LogP contribution in [0.5, 0.6) is 5.75 Å². The van der Waals surface area contributed by atoms with Crippen molar-refractivity contribution in [3.8, 4) is 5.75 Å². The van der Waals surface area contributed by atoms with Crippen LogP contribution in [-0.2, 0) is 4.79 Å². The van der Waals surface area contributed by atoms with E-state index in [-0.39, 0.29) is 23.8 Å². The van der Waals surface area contributed by atoms with Gasteiger partial charge < -0.3 is 31.5 Å². The molecular weight excluding hydrogens is 564 g/mol. The molecule has 45 heavy (non-hydrogen) atoms. The molecular formula is C36H44N6O3. The molecule has 1 heterocycles. The molecule has 1 unspecified atom stereocenters. The Balaban J connectivity index is 1.33. The second-order valence-corrected chi connectivity index (χ2v) is 11.5. The topological polar surface area (TPSA) is 138 Å². The van der Waals surface area contributed by atoms with Crippen molar-refractivity contribution in [3.63, 3.8) is 0 Å². The summed E-state index contributed by atoms with van der Waals surface area (Å²) in [6.45, 7) is 2.07. The third-order valence-electron chi connectivity index (χ3n) is 8.51. The van der Waals surface area contributed by atoms with Crippen molar-refractivity contribution in [1.29, 1.82) is 0 Å². The lowest BCUT2D eigenvalue weighted by Crippen LogP contribution is -2.49. The van der Waals surface area contributed by atoms with E-state index in [2.05, 4.69) is 39.9 Å². The predicted molar refractivity (Wildman–Crippen MR) is 180 cm³/mol. The van der Waals surface area contributed by atoms with E-state index in [0.717, 1.165) is 17.2 Å². The van der Waals surface area contributed by atoms with Gasteiger partial charge in [-0.15, -0.1) is 0 Å². The number of carbonyl (C=O) groups excluding carboxylic acids is 1. The quantitative estimate of drug-likeness (QED) is 0.0672. The number of nitrogens with zero attached hydrogens (tertiary/aromatic N) is 2. The van der Waals surface area contributed by atoms with Gasteiger partial charge in [-0.25, -0.2) is 0 Å². The van der Waals surface area contributed by atoms with Crippen LogP contribution in [0.3, 0.4) is 0 Å². The predicted octanol–water partition coefficient (Wildman–Crippen LogP) is 3.87. The van der Waals surface area contributed by atoms with Crippen LogP contribution in [0.2, 0.25) is 0 Å². The fourth-order valence-corrected chi connectivity index (χ4v) is 6.20. The first-order chi connectivity index (χ1) is 21.9. The van der Waals surface area contributed by atoms with E-state index in [4.69, 9.17) is 16.2 Å². The molecule has 4 aromatic carbocycles. The van der Waals surface area contributed by atoms with Crippen molar-refractivity contribution in [1.82, 2.24) is 15.5 Å². The van der Waals surface area contributed by atoms with Gasteiger partial charge in [0.2, 0.25) is 5.91 Å². The van der Waals surface area contributed by atoms with Crippen LogP contribution in [0.1, 0.15) is 48.1 Å². The summed E-state index contributed by atoms with van der Waals surface area (Å²) in [5.41, 5.74) is 14.1. The van der Waals surface area contributed by atoms with Gasteiger partial charge in [0, 0.05) is 49.1 Å². The minimum absolute atomic E-state index is 0.0375. The third-order valence-corrected chi connectivity index (χ3v) is 8.51. The number of nitrogens with two attached hydrogens (primary N) is 2. The first-order valence-electron chi connectivity index (χ1n) is 15.6. The maximum absolute atomic E-state index is 14.1. The monoisotopic (exact) mass is 608 g/mol. The molecule has 1 aliphatic rings. The molecule has 9 heteroatoms. The molecule has 1 saturated heterocycles. The molecule has 1 aliphatic heterocycles. The lowest BCUT2D eigenvalue weighted by molar-refractivity contribution is -0.133. The minimum Gasteiger partial charge on any atom is -0.496 e.